The number of rotatable bonds is 8. The predicted octanol–water partition coefficient (Wildman–Crippen LogP) is 5.09. The van der Waals surface area contributed by atoms with Gasteiger partial charge in [-0.05, 0) is 52.4 Å². The van der Waals surface area contributed by atoms with Crippen LogP contribution in [0, 0.1) is 0 Å². The maximum Gasteiger partial charge on any atom is 0.277 e. The summed E-state index contributed by atoms with van der Waals surface area (Å²) >= 11 is 0. The lowest BCUT2D eigenvalue weighted by atomic mass is 9.86. The van der Waals surface area contributed by atoms with E-state index in [1.54, 1.807) is 6.21 Å². The van der Waals surface area contributed by atoms with Crippen LogP contribution in [-0.2, 0) is 16.8 Å². The summed E-state index contributed by atoms with van der Waals surface area (Å²) in [6.45, 7) is 6.74. The van der Waals surface area contributed by atoms with Gasteiger partial charge < -0.3 is 9.47 Å². The SMILES string of the molecule is CC(C)(C)c1ccccc1OCC(=O)N/N=C/c1ccc(OCc2ccccc2)cc1. The summed E-state index contributed by atoms with van der Waals surface area (Å²) in [7, 11) is 0. The first-order valence-corrected chi connectivity index (χ1v) is 10.2. The van der Waals surface area contributed by atoms with E-state index in [0.29, 0.717) is 12.4 Å². The maximum absolute atomic E-state index is 12.1. The number of hydrogen-bond acceptors (Lipinski definition) is 4. The molecule has 0 aliphatic heterocycles. The van der Waals surface area contributed by atoms with E-state index in [9.17, 15) is 4.79 Å². The van der Waals surface area contributed by atoms with Gasteiger partial charge in [-0.2, -0.15) is 5.10 Å². The van der Waals surface area contributed by atoms with Crippen molar-refractivity contribution >= 4 is 12.1 Å². The van der Waals surface area contributed by atoms with Gasteiger partial charge in [-0.3, -0.25) is 4.79 Å². The van der Waals surface area contributed by atoms with Crippen molar-refractivity contribution < 1.29 is 14.3 Å². The van der Waals surface area contributed by atoms with Gasteiger partial charge in [-0.15, -0.1) is 0 Å². The fourth-order valence-corrected chi connectivity index (χ4v) is 2.96. The second-order valence-corrected chi connectivity index (χ2v) is 8.17. The minimum Gasteiger partial charge on any atom is -0.489 e. The number of carbonyl (C=O) groups is 1. The summed E-state index contributed by atoms with van der Waals surface area (Å²) < 4.78 is 11.5. The smallest absolute Gasteiger partial charge is 0.277 e. The van der Waals surface area contributed by atoms with Gasteiger partial charge in [0.1, 0.15) is 18.1 Å². The first-order valence-electron chi connectivity index (χ1n) is 10.2. The topological polar surface area (TPSA) is 59.9 Å². The number of amides is 1. The number of para-hydroxylation sites is 1. The average molecular weight is 417 g/mol. The molecule has 0 aliphatic carbocycles. The van der Waals surface area contributed by atoms with Crippen LogP contribution in [0.4, 0.5) is 0 Å². The Morgan fingerprint density at radius 2 is 1.58 bits per heavy atom. The molecule has 1 N–H and O–H groups in total. The highest BCUT2D eigenvalue weighted by molar-refractivity contribution is 5.83. The number of nitrogens with zero attached hydrogens (tertiary/aromatic N) is 1. The molecule has 5 nitrogen and oxygen atoms in total. The number of hydrogen-bond donors (Lipinski definition) is 1. The molecule has 0 aromatic heterocycles. The molecule has 0 aliphatic rings. The highest BCUT2D eigenvalue weighted by atomic mass is 16.5. The minimum absolute atomic E-state index is 0.0673. The van der Waals surface area contributed by atoms with Crippen molar-refractivity contribution in [2.24, 2.45) is 5.10 Å². The Labute approximate surface area is 183 Å². The molecular weight excluding hydrogens is 388 g/mol. The number of benzene rings is 3. The molecule has 0 saturated heterocycles. The monoisotopic (exact) mass is 416 g/mol. The van der Waals surface area contributed by atoms with Crippen molar-refractivity contribution in [3.8, 4) is 11.5 Å². The van der Waals surface area contributed by atoms with Gasteiger partial charge in [-0.25, -0.2) is 5.43 Å². The standard InChI is InChI=1S/C26H28N2O3/c1-26(2,3)23-11-7-8-12-24(23)31-19-25(29)28-27-17-20-13-15-22(16-14-20)30-18-21-9-5-4-6-10-21/h4-17H,18-19H2,1-3H3,(H,28,29)/b27-17+. The molecule has 3 aromatic carbocycles. The molecule has 31 heavy (non-hydrogen) atoms. The molecule has 0 saturated carbocycles. The van der Waals surface area contributed by atoms with E-state index in [2.05, 4.69) is 31.3 Å². The second kappa shape index (κ2) is 10.4. The van der Waals surface area contributed by atoms with Crippen LogP contribution in [-0.4, -0.2) is 18.7 Å². The van der Waals surface area contributed by atoms with Crippen LogP contribution in [0.3, 0.4) is 0 Å². The van der Waals surface area contributed by atoms with E-state index in [4.69, 9.17) is 9.47 Å². The zero-order valence-electron chi connectivity index (χ0n) is 18.2. The van der Waals surface area contributed by atoms with Crippen LogP contribution in [0.25, 0.3) is 0 Å². The van der Waals surface area contributed by atoms with Gasteiger partial charge in [0.25, 0.3) is 5.91 Å². The summed E-state index contributed by atoms with van der Waals surface area (Å²) in [5, 5.41) is 4.00. The van der Waals surface area contributed by atoms with E-state index in [-0.39, 0.29) is 17.9 Å². The van der Waals surface area contributed by atoms with E-state index in [0.717, 1.165) is 22.4 Å². The third-order valence-electron chi connectivity index (χ3n) is 4.59. The average Bonchev–Trinajstić information content (AvgIpc) is 2.77. The molecule has 1 amide bonds. The van der Waals surface area contributed by atoms with Crippen molar-refractivity contribution in [2.45, 2.75) is 32.8 Å². The van der Waals surface area contributed by atoms with Gasteiger partial charge in [0, 0.05) is 0 Å². The van der Waals surface area contributed by atoms with Crippen LogP contribution >= 0.6 is 0 Å². The lowest BCUT2D eigenvalue weighted by Gasteiger charge is -2.22. The Kier molecular flexibility index (Phi) is 7.44. The Morgan fingerprint density at radius 3 is 2.29 bits per heavy atom. The van der Waals surface area contributed by atoms with E-state index >= 15 is 0 Å². The fraction of sp³-hybridized carbons (Fsp3) is 0.231. The molecule has 0 spiro atoms. The molecule has 3 aromatic rings. The molecule has 0 radical (unpaired) electrons. The summed E-state index contributed by atoms with van der Waals surface area (Å²) in [5.41, 5.74) is 5.45. The fourth-order valence-electron chi connectivity index (χ4n) is 2.96. The van der Waals surface area contributed by atoms with Crippen LogP contribution < -0.4 is 14.9 Å². The van der Waals surface area contributed by atoms with Gasteiger partial charge in [0.2, 0.25) is 0 Å². The van der Waals surface area contributed by atoms with Gasteiger partial charge in [-0.1, -0.05) is 69.3 Å². The maximum atomic E-state index is 12.1. The first kappa shape index (κ1) is 22.1. The molecule has 0 bridgehead atoms. The van der Waals surface area contributed by atoms with Gasteiger partial charge in [0.05, 0.1) is 6.21 Å². The number of nitrogens with one attached hydrogen (secondary N) is 1. The van der Waals surface area contributed by atoms with Crippen molar-refractivity contribution in [3.05, 3.63) is 95.6 Å². The summed E-state index contributed by atoms with van der Waals surface area (Å²) in [6.07, 6.45) is 1.59. The normalized spacial score (nSPS) is 11.3. The highest BCUT2D eigenvalue weighted by Gasteiger charge is 2.18. The molecule has 5 heteroatoms. The lowest BCUT2D eigenvalue weighted by molar-refractivity contribution is -0.123. The van der Waals surface area contributed by atoms with Crippen molar-refractivity contribution in [1.29, 1.82) is 0 Å². The lowest BCUT2D eigenvalue weighted by Crippen LogP contribution is -2.25. The molecule has 160 valence electrons. The Hall–Kier alpha value is -3.60. The summed E-state index contributed by atoms with van der Waals surface area (Å²) in [4.78, 5) is 12.1. The number of hydrazone groups is 1. The van der Waals surface area contributed by atoms with Crippen molar-refractivity contribution in [2.75, 3.05) is 6.61 Å². The van der Waals surface area contributed by atoms with Gasteiger partial charge >= 0.3 is 0 Å². The quantitative estimate of drug-likeness (QED) is 0.411. The Balaban J connectivity index is 1.46. The number of carbonyl (C=O) groups excluding carboxylic acids is 1. The van der Waals surface area contributed by atoms with Crippen molar-refractivity contribution in [3.63, 3.8) is 0 Å². The molecule has 0 fully saturated rings. The van der Waals surface area contributed by atoms with Crippen molar-refractivity contribution in [1.82, 2.24) is 5.43 Å². The van der Waals surface area contributed by atoms with E-state index in [1.165, 1.54) is 0 Å². The highest BCUT2D eigenvalue weighted by Crippen LogP contribution is 2.30. The molecule has 0 unspecified atom stereocenters. The first-order chi connectivity index (χ1) is 14.9. The van der Waals surface area contributed by atoms with Crippen LogP contribution in [0.1, 0.15) is 37.5 Å². The molecule has 3 rings (SSSR count). The van der Waals surface area contributed by atoms with Crippen LogP contribution in [0.5, 0.6) is 11.5 Å². The largest absolute Gasteiger partial charge is 0.489 e. The number of ether oxygens (including phenoxy) is 2. The molecule has 0 heterocycles. The zero-order chi connectivity index (χ0) is 22.1. The second-order valence-electron chi connectivity index (χ2n) is 8.17. The van der Waals surface area contributed by atoms with Crippen LogP contribution in [0.15, 0.2) is 84.0 Å². The third kappa shape index (κ3) is 7.00. The zero-order valence-corrected chi connectivity index (χ0v) is 18.2. The van der Waals surface area contributed by atoms with Crippen LogP contribution in [0.2, 0.25) is 0 Å². The Bertz CT molecular complexity index is 1010. The summed E-state index contributed by atoms with van der Waals surface area (Å²) in [5.74, 6) is 1.17. The minimum atomic E-state index is -0.317. The van der Waals surface area contributed by atoms with Gasteiger partial charge in [0.15, 0.2) is 6.61 Å². The predicted molar refractivity (Wildman–Crippen MR) is 124 cm³/mol. The molecular formula is C26H28N2O3. The van der Waals surface area contributed by atoms with E-state index in [1.807, 2.05) is 78.9 Å². The summed E-state index contributed by atoms with van der Waals surface area (Å²) in [6, 6.07) is 25.3. The van der Waals surface area contributed by atoms with E-state index < -0.39 is 0 Å². The molecule has 0 atom stereocenters. The Morgan fingerprint density at radius 1 is 0.903 bits per heavy atom. The third-order valence-corrected chi connectivity index (χ3v) is 4.59.